The van der Waals surface area contributed by atoms with E-state index in [9.17, 15) is 0 Å². The molecule has 2 aromatic heterocycles. The van der Waals surface area contributed by atoms with Gasteiger partial charge in [-0.3, -0.25) is 0 Å². The standard InChI is InChI=1S/C36H35N2/c1-21(2)29-17-27(25-11-8-7-9-12-25)18-30(22(3)4)35(29)33-20-37-19-26-13-10-14-28-31-15-23(5)24(6)16-32(31)38(33)36(37)34(26)28/h7-18,20-22H,19H2,1-6H3/q+1. The van der Waals surface area contributed by atoms with Crippen molar-refractivity contribution < 1.29 is 4.57 Å². The third-order valence-corrected chi connectivity index (χ3v) is 8.67. The summed E-state index contributed by atoms with van der Waals surface area (Å²) in [6.07, 6.45) is 2.43. The van der Waals surface area contributed by atoms with Crippen molar-refractivity contribution in [1.29, 1.82) is 0 Å². The number of imidazole rings is 1. The molecule has 3 heterocycles. The first-order valence-electron chi connectivity index (χ1n) is 14.0. The summed E-state index contributed by atoms with van der Waals surface area (Å²) in [6, 6.07) is 27.4. The van der Waals surface area contributed by atoms with Gasteiger partial charge in [-0.05, 0) is 71.2 Å². The minimum Gasteiger partial charge on any atom is -0.225 e. The van der Waals surface area contributed by atoms with Gasteiger partial charge in [-0.1, -0.05) is 88.4 Å². The van der Waals surface area contributed by atoms with Gasteiger partial charge in [0.05, 0.1) is 5.39 Å². The molecule has 0 amide bonds. The van der Waals surface area contributed by atoms with Gasteiger partial charge in [-0.2, -0.15) is 4.40 Å². The second-order valence-corrected chi connectivity index (χ2v) is 11.8. The van der Waals surface area contributed by atoms with Crippen molar-refractivity contribution in [3.05, 3.63) is 107 Å². The van der Waals surface area contributed by atoms with Gasteiger partial charge in [0.15, 0.2) is 5.69 Å². The number of aryl methyl sites for hydroxylation is 2. The topological polar surface area (TPSA) is 8.29 Å². The number of benzene rings is 4. The molecule has 6 aromatic rings. The van der Waals surface area contributed by atoms with E-state index in [2.05, 4.69) is 130 Å². The Hall–Kier alpha value is -3.91. The van der Waals surface area contributed by atoms with Crippen molar-refractivity contribution in [2.45, 2.75) is 59.9 Å². The lowest BCUT2D eigenvalue weighted by atomic mass is 9.84. The van der Waals surface area contributed by atoms with E-state index < -0.39 is 0 Å². The minimum absolute atomic E-state index is 0.402. The van der Waals surface area contributed by atoms with Gasteiger partial charge in [0.2, 0.25) is 0 Å². The van der Waals surface area contributed by atoms with Gasteiger partial charge in [0.25, 0.3) is 5.65 Å². The van der Waals surface area contributed by atoms with Crippen LogP contribution in [0.4, 0.5) is 0 Å². The molecule has 0 bridgehead atoms. The molecule has 38 heavy (non-hydrogen) atoms. The zero-order valence-electron chi connectivity index (χ0n) is 23.3. The number of hydrogen-bond donors (Lipinski definition) is 0. The third-order valence-electron chi connectivity index (χ3n) is 8.67. The Morgan fingerprint density at radius 3 is 2.08 bits per heavy atom. The largest absolute Gasteiger partial charge is 0.295 e. The molecule has 4 aromatic carbocycles. The maximum atomic E-state index is 2.58. The first-order chi connectivity index (χ1) is 18.3. The van der Waals surface area contributed by atoms with E-state index in [1.165, 1.54) is 77.5 Å². The Balaban J connectivity index is 1.66. The molecule has 0 saturated carbocycles. The Morgan fingerprint density at radius 1 is 0.711 bits per heavy atom. The summed E-state index contributed by atoms with van der Waals surface area (Å²) in [6.45, 7) is 14.8. The molecule has 0 N–H and O–H groups in total. The van der Waals surface area contributed by atoms with Crippen LogP contribution in [0.3, 0.4) is 0 Å². The Kier molecular flexibility index (Phi) is 5.07. The highest BCUT2D eigenvalue weighted by atomic mass is 15.1. The maximum Gasteiger partial charge on any atom is 0.295 e. The molecule has 0 radical (unpaired) electrons. The lowest BCUT2D eigenvalue weighted by Crippen LogP contribution is -2.28. The molecule has 0 saturated heterocycles. The van der Waals surface area contributed by atoms with E-state index in [1.807, 2.05) is 0 Å². The van der Waals surface area contributed by atoms with Crippen LogP contribution >= 0.6 is 0 Å². The molecule has 0 spiro atoms. The van der Waals surface area contributed by atoms with Crippen LogP contribution in [0.25, 0.3) is 49.7 Å². The summed E-state index contributed by atoms with van der Waals surface area (Å²) >= 11 is 0. The predicted octanol–water partition coefficient (Wildman–Crippen LogP) is 9.09. The molecule has 0 atom stereocenters. The first-order valence-corrected chi connectivity index (χ1v) is 14.0. The smallest absolute Gasteiger partial charge is 0.225 e. The monoisotopic (exact) mass is 495 g/mol. The fourth-order valence-electron chi connectivity index (χ4n) is 6.60. The van der Waals surface area contributed by atoms with Gasteiger partial charge in [0.1, 0.15) is 18.3 Å². The van der Waals surface area contributed by atoms with Crippen LogP contribution in [0.5, 0.6) is 0 Å². The summed E-state index contributed by atoms with van der Waals surface area (Å²) in [5.74, 6) is 0.804. The predicted molar refractivity (Wildman–Crippen MR) is 160 cm³/mol. The lowest BCUT2D eigenvalue weighted by Gasteiger charge is -2.21. The summed E-state index contributed by atoms with van der Waals surface area (Å²) in [7, 11) is 0. The average Bonchev–Trinajstić information content (AvgIpc) is 3.46. The summed E-state index contributed by atoms with van der Waals surface area (Å²) in [5.41, 5.74) is 14.9. The Bertz CT molecular complexity index is 1870. The van der Waals surface area contributed by atoms with E-state index in [0.29, 0.717) is 11.8 Å². The van der Waals surface area contributed by atoms with Crippen LogP contribution in [0.2, 0.25) is 0 Å². The normalized spacial score (nSPS) is 12.8. The number of rotatable bonds is 4. The van der Waals surface area contributed by atoms with Gasteiger partial charge >= 0.3 is 0 Å². The molecule has 1 aliphatic heterocycles. The number of nitrogens with zero attached hydrogens (tertiary/aromatic N) is 2. The molecule has 1 aliphatic rings. The molecule has 188 valence electrons. The Morgan fingerprint density at radius 2 is 1.39 bits per heavy atom. The fourth-order valence-corrected chi connectivity index (χ4v) is 6.60. The van der Waals surface area contributed by atoms with E-state index >= 15 is 0 Å². The van der Waals surface area contributed by atoms with E-state index in [-0.39, 0.29) is 0 Å². The maximum absolute atomic E-state index is 2.58. The Labute approximate surface area is 225 Å². The summed E-state index contributed by atoms with van der Waals surface area (Å²) in [5, 5.41) is 4.13. The van der Waals surface area contributed by atoms with E-state index in [0.717, 1.165) is 6.54 Å². The van der Waals surface area contributed by atoms with Crippen molar-refractivity contribution in [1.82, 2.24) is 4.40 Å². The zero-order valence-corrected chi connectivity index (χ0v) is 23.3. The number of pyridine rings is 1. The van der Waals surface area contributed by atoms with Crippen LogP contribution in [0.15, 0.2) is 79.0 Å². The van der Waals surface area contributed by atoms with Crippen molar-refractivity contribution in [2.75, 3.05) is 0 Å². The zero-order chi connectivity index (χ0) is 26.3. The number of hydrogen-bond acceptors (Lipinski definition) is 0. The molecular formula is C36H35N2+. The average molecular weight is 496 g/mol. The summed E-state index contributed by atoms with van der Waals surface area (Å²) in [4.78, 5) is 0. The molecule has 0 fully saturated rings. The fraction of sp³-hybridized carbons (Fsp3) is 0.250. The van der Waals surface area contributed by atoms with Gasteiger partial charge in [-0.25, -0.2) is 4.57 Å². The van der Waals surface area contributed by atoms with E-state index in [1.54, 1.807) is 0 Å². The van der Waals surface area contributed by atoms with Crippen LogP contribution < -0.4 is 4.57 Å². The molecule has 7 rings (SSSR count). The number of aromatic nitrogens is 2. The van der Waals surface area contributed by atoms with E-state index in [4.69, 9.17) is 0 Å². The molecule has 2 nitrogen and oxygen atoms in total. The molecular weight excluding hydrogens is 460 g/mol. The van der Waals surface area contributed by atoms with Crippen molar-refractivity contribution in [3.63, 3.8) is 0 Å². The minimum atomic E-state index is 0.402. The third kappa shape index (κ3) is 3.22. The second kappa shape index (κ2) is 8.30. The highest BCUT2D eigenvalue weighted by Gasteiger charge is 2.33. The van der Waals surface area contributed by atoms with Crippen LogP contribution in [0.1, 0.15) is 67.3 Å². The van der Waals surface area contributed by atoms with Gasteiger partial charge in [-0.15, -0.1) is 0 Å². The second-order valence-electron chi connectivity index (χ2n) is 11.8. The lowest BCUT2D eigenvalue weighted by molar-refractivity contribution is -0.657. The van der Waals surface area contributed by atoms with Crippen molar-refractivity contribution >= 4 is 27.3 Å². The SMILES string of the molecule is Cc1cc2c3cccc4c3c3n(c(-c5c(C(C)C)cc(-c6ccccc6)cc5C(C)C)c[n+]3C4)c2cc1C. The number of fused-ring (bicyclic) bond motifs is 3. The van der Waals surface area contributed by atoms with Crippen molar-refractivity contribution in [2.24, 2.45) is 0 Å². The quantitative estimate of drug-likeness (QED) is 0.170. The van der Waals surface area contributed by atoms with Gasteiger partial charge in [0, 0.05) is 21.9 Å². The van der Waals surface area contributed by atoms with Gasteiger partial charge < -0.3 is 0 Å². The highest BCUT2D eigenvalue weighted by Crippen LogP contribution is 2.43. The highest BCUT2D eigenvalue weighted by molar-refractivity contribution is 6.13. The molecule has 0 aliphatic carbocycles. The molecule has 2 heteroatoms. The van der Waals surface area contributed by atoms with Crippen LogP contribution in [0, 0.1) is 13.8 Å². The van der Waals surface area contributed by atoms with Crippen LogP contribution in [-0.4, -0.2) is 4.40 Å². The van der Waals surface area contributed by atoms with Crippen molar-refractivity contribution in [3.8, 4) is 22.4 Å². The first kappa shape index (κ1) is 23.2. The summed E-state index contributed by atoms with van der Waals surface area (Å²) < 4.78 is 5.07. The molecule has 0 unspecified atom stereocenters. The van der Waals surface area contributed by atoms with Crippen LogP contribution in [-0.2, 0) is 6.54 Å².